The molecule has 0 spiro atoms. The van der Waals surface area contributed by atoms with E-state index in [0.29, 0.717) is 47.2 Å². The first-order valence-electron chi connectivity index (χ1n) is 12.1. The molecule has 2 aromatic heterocycles. The molecular formula is C25H34N6O5. The number of aromatic amines is 1. The topological polar surface area (TPSA) is 140 Å². The van der Waals surface area contributed by atoms with Crippen molar-refractivity contribution in [2.24, 2.45) is 5.92 Å². The lowest BCUT2D eigenvalue weighted by Gasteiger charge is -2.14. The van der Waals surface area contributed by atoms with Crippen LogP contribution in [0.1, 0.15) is 52.8 Å². The van der Waals surface area contributed by atoms with Crippen molar-refractivity contribution < 1.29 is 14.3 Å². The standard InChI is InChI=1S/C25H34N6O5/c1-6-7-12-30-23-22(24(34)29-25(30)35)31(14-15(2)3)20(28-23)10-11-21(33)27-19-13-17(36-5)8-9-18(19)26-16(4)32/h8-9,13,15H,6-7,10-12,14H2,1-5H3,(H,26,32)(H,27,33)(H,29,34,35). The largest absolute Gasteiger partial charge is 0.497 e. The summed E-state index contributed by atoms with van der Waals surface area (Å²) in [5.41, 5.74) is 0.584. The molecule has 2 amide bonds. The molecule has 0 saturated heterocycles. The molecule has 0 unspecified atom stereocenters. The lowest BCUT2D eigenvalue weighted by molar-refractivity contribution is -0.116. The molecule has 0 radical (unpaired) electrons. The maximum Gasteiger partial charge on any atom is 0.330 e. The molecule has 0 aliphatic heterocycles. The number of hydrogen-bond acceptors (Lipinski definition) is 6. The number of methoxy groups -OCH3 is 1. The molecule has 2 heterocycles. The third-order valence-electron chi connectivity index (χ3n) is 5.63. The molecule has 194 valence electrons. The van der Waals surface area contributed by atoms with Crippen LogP contribution in [0.3, 0.4) is 0 Å². The van der Waals surface area contributed by atoms with Crippen LogP contribution in [0.5, 0.6) is 5.75 Å². The summed E-state index contributed by atoms with van der Waals surface area (Å²) in [6.45, 7) is 8.42. The zero-order chi connectivity index (χ0) is 26.4. The molecule has 36 heavy (non-hydrogen) atoms. The first-order valence-corrected chi connectivity index (χ1v) is 12.1. The maximum atomic E-state index is 12.9. The van der Waals surface area contributed by atoms with E-state index in [4.69, 9.17) is 4.74 Å². The Morgan fingerprint density at radius 3 is 2.53 bits per heavy atom. The van der Waals surface area contributed by atoms with E-state index in [1.165, 1.54) is 18.6 Å². The van der Waals surface area contributed by atoms with Crippen LogP contribution in [0.4, 0.5) is 11.4 Å². The van der Waals surface area contributed by atoms with Gasteiger partial charge in [0.15, 0.2) is 11.2 Å². The second-order valence-corrected chi connectivity index (χ2v) is 9.11. The fourth-order valence-corrected chi connectivity index (χ4v) is 3.98. The molecular weight excluding hydrogens is 464 g/mol. The van der Waals surface area contributed by atoms with Crippen molar-refractivity contribution >= 4 is 34.4 Å². The number of anilines is 2. The molecule has 0 aliphatic carbocycles. The van der Waals surface area contributed by atoms with Crippen molar-refractivity contribution in [2.75, 3.05) is 17.7 Å². The average molecular weight is 499 g/mol. The molecule has 3 aromatic rings. The summed E-state index contributed by atoms with van der Waals surface area (Å²) in [4.78, 5) is 56.7. The van der Waals surface area contributed by atoms with E-state index in [1.807, 2.05) is 25.3 Å². The minimum atomic E-state index is -0.483. The summed E-state index contributed by atoms with van der Waals surface area (Å²) in [6.07, 6.45) is 1.99. The van der Waals surface area contributed by atoms with Crippen molar-refractivity contribution in [3.05, 3.63) is 44.9 Å². The SMILES string of the molecule is CCCCn1c(=O)[nH]c(=O)c2c1nc(CCC(=O)Nc1cc(OC)ccc1NC(C)=O)n2CC(C)C. The number of H-pyrrole nitrogens is 1. The van der Waals surface area contributed by atoms with Gasteiger partial charge in [0.05, 0.1) is 18.5 Å². The normalized spacial score (nSPS) is 11.2. The highest BCUT2D eigenvalue weighted by molar-refractivity contribution is 5.99. The Morgan fingerprint density at radius 2 is 1.89 bits per heavy atom. The zero-order valence-electron chi connectivity index (χ0n) is 21.4. The number of benzene rings is 1. The van der Waals surface area contributed by atoms with Gasteiger partial charge in [-0.1, -0.05) is 27.2 Å². The Bertz CT molecular complexity index is 1370. The lowest BCUT2D eigenvalue weighted by atomic mass is 10.2. The van der Waals surface area contributed by atoms with E-state index in [-0.39, 0.29) is 30.6 Å². The summed E-state index contributed by atoms with van der Waals surface area (Å²) in [7, 11) is 1.51. The minimum Gasteiger partial charge on any atom is -0.497 e. The molecule has 3 N–H and O–H groups in total. The number of aryl methyl sites for hydroxylation is 2. The van der Waals surface area contributed by atoms with Crippen LogP contribution in [0, 0.1) is 5.92 Å². The van der Waals surface area contributed by atoms with Crippen molar-refractivity contribution in [3.8, 4) is 5.75 Å². The highest BCUT2D eigenvalue weighted by Crippen LogP contribution is 2.27. The smallest absolute Gasteiger partial charge is 0.330 e. The summed E-state index contributed by atoms with van der Waals surface area (Å²) in [6, 6.07) is 4.97. The van der Waals surface area contributed by atoms with Gasteiger partial charge in [-0.05, 0) is 24.5 Å². The molecule has 0 saturated carbocycles. The predicted molar refractivity (Wildman–Crippen MR) is 139 cm³/mol. The van der Waals surface area contributed by atoms with E-state index in [0.717, 1.165) is 12.8 Å². The number of amides is 2. The highest BCUT2D eigenvalue weighted by Gasteiger charge is 2.20. The number of aromatic nitrogens is 4. The number of nitrogens with one attached hydrogen (secondary N) is 3. The van der Waals surface area contributed by atoms with Crippen LogP contribution in [-0.4, -0.2) is 38.0 Å². The van der Waals surface area contributed by atoms with E-state index in [9.17, 15) is 19.2 Å². The zero-order valence-corrected chi connectivity index (χ0v) is 21.4. The van der Waals surface area contributed by atoms with Gasteiger partial charge in [0.25, 0.3) is 5.56 Å². The number of nitrogens with zero attached hydrogens (tertiary/aromatic N) is 3. The predicted octanol–water partition coefficient (Wildman–Crippen LogP) is 2.88. The third-order valence-corrected chi connectivity index (χ3v) is 5.63. The van der Waals surface area contributed by atoms with Gasteiger partial charge < -0.3 is 19.9 Å². The lowest BCUT2D eigenvalue weighted by Crippen LogP contribution is -2.31. The Hall–Kier alpha value is -3.89. The van der Waals surface area contributed by atoms with Crippen LogP contribution in [0.15, 0.2) is 27.8 Å². The first-order chi connectivity index (χ1) is 17.1. The minimum absolute atomic E-state index is 0.0786. The second-order valence-electron chi connectivity index (χ2n) is 9.11. The molecule has 0 aliphatic rings. The molecule has 11 nitrogen and oxygen atoms in total. The van der Waals surface area contributed by atoms with Crippen LogP contribution >= 0.6 is 0 Å². The van der Waals surface area contributed by atoms with Gasteiger partial charge in [0, 0.05) is 38.9 Å². The van der Waals surface area contributed by atoms with Gasteiger partial charge >= 0.3 is 5.69 Å². The average Bonchev–Trinajstić information content (AvgIpc) is 3.16. The Balaban J connectivity index is 1.91. The van der Waals surface area contributed by atoms with E-state index < -0.39 is 11.2 Å². The van der Waals surface area contributed by atoms with E-state index >= 15 is 0 Å². The number of fused-ring (bicyclic) bond motifs is 1. The first kappa shape index (κ1) is 26.7. The Morgan fingerprint density at radius 1 is 1.14 bits per heavy atom. The van der Waals surface area contributed by atoms with E-state index in [1.54, 1.807) is 18.2 Å². The van der Waals surface area contributed by atoms with Gasteiger partial charge in [-0.15, -0.1) is 0 Å². The number of unbranched alkanes of at least 4 members (excludes halogenated alkanes) is 1. The fraction of sp³-hybridized carbons (Fsp3) is 0.480. The molecule has 1 aromatic carbocycles. The van der Waals surface area contributed by atoms with E-state index in [2.05, 4.69) is 20.6 Å². The fourth-order valence-electron chi connectivity index (χ4n) is 3.98. The number of carbonyl (C=O) groups excluding carboxylic acids is 2. The second kappa shape index (κ2) is 11.7. The molecule has 0 bridgehead atoms. The van der Waals surface area contributed by atoms with Gasteiger partial charge in [-0.3, -0.25) is 23.9 Å². The molecule has 0 atom stereocenters. The van der Waals surface area contributed by atoms with Gasteiger partial charge in [0.1, 0.15) is 11.6 Å². The number of rotatable bonds is 11. The highest BCUT2D eigenvalue weighted by atomic mass is 16.5. The van der Waals surface area contributed by atoms with Crippen LogP contribution in [0.25, 0.3) is 11.2 Å². The summed E-state index contributed by atoms with van der Waals surface area (Å²) < 4.78 is 8.54. The summed E-state index contributed by atoms with van der Waals surface area (Å²) >= 11 is 0. The van der Waals surface area contributed by atoms with Crippen LogP contribution in [0.2, 0.25) is 0 Å². The quantitative estimate of drug-likeness (QED) is 0.371. The van der Waals surface area contributed by atoms with Crippen molar-refractivity contribution in [1.29, 1.82) is 0 Å². The summed E-state index contributed by atoms with van der Waals surface area (Å²) in [5.74, 6) is 0.737. The van der Waals surface area contributed by atoms with Crippen LogP contribution in [-0.2, 0) is 29.1 Å². The Labute approximate surface area is 208 Å². The van der Waals surface area contributed by atoms with Crippen molar-refractivity contribution in [3.63, 3.8) is 0 Å². The third kappa shape index (κ3) is 6.21. The van der Waals surface area contributed by atoms with Crippen molar-refractivity contribution in [1.82, 2.24) is 19.1 Å². The van der Waals surface area contributed by atoms with Gasteiger partial charge in [0.2, 0.25) is 11.8 Å². The number of carbonyl (C=O) groups is 2. The Kier molecular flexibility index (Phi) is 8.68. The number of imidazole rings is 1. The molecule has 0 fully saturated rings. The maximum absolute atomic E-state index is 12.9. The summed E-state index contributed by atoms with van der Waals surface area (Å²) in [5, 5.41) is 5.51. The molecule has 11 heteroatoms. The van der Waals surface area contributed by atoms with Crippen LogP contribution < -0.4 is 26.6 Å². The van der Waals surface area contributed by atoms with Gasteiger partial charge in [-0.2, -0.15) is 0 Å². The monoisotopic (exact) mass is 498 g/mol. The van der Waals surface area contributed by atoms with Gasteiger partial charge in [-0.25, -0.2) is 9.78 Å². The molecule has 3 rings (SSSR count). The van der Waals surface area contributed by atoms with Crippen molar-refractivity contribution in [2.45, 2.75) is 66.5 Å². The number of hydrogen-bond donors (Lipinski definition) is 3. The number of ether oxygens (including phenoxy) is 1.